The highest BCUT2D eigenvalue weighted by atomic mass is 32.1. The summed E-state index contributed by atoms with van der Waals surface area (Å²) >= 11 is 1.10. The first kappa shape index (κ1) is 19.8. The van der Waals surface area contributed by atoms with E-state index in [1.165, 1.54) is 29.6 Å². The van der Waals surface area contributed by atoms with E-state index >= 15 is 0 Å². The van der Waals surface area contributed by atoms with Gasteiger partial charge in [0.05, 0.1) is 5.69 Å². The number of halogens is 3. The van der Waals surface area contributed by atoms with Crippen LogP contribution in [0.1, 0.15) is 12.3 Å². The third-order valence-corrected chi connectivity index (χ3v) is 4.85. The number of hydrogen-bond donors (Lipinski definition) is 1. The van der Waals surface area contributed by atoms with Gasteiger partial charge in [-0.15, -0.1) is 11.3 Å². The Morgan fingerprint density at radius 2 is 1.80 bits per heavy atom. The van der Waals surface area contributed by atoms with Crippen molar-refractivity contribution < 1.29 is 22.5 Å². The van der Waals surface area contributed by atoms with Crippen molar-refractivity contribution in [3.05, 3.63) is 71.2 Å². The highest BCUT2D eigenvalue weighted by Gasteiger charge is 2.14. The fraction of sp³-hybridized carbons (Fsp3) is 0.100. The number of hydrogen-bond acceptors (Lipinski definition) is 6. The van der Waals surface area contributed by atoms with Crippen molar-refractivity contribution in [3.8, 4) is 22.6 Å². The van der Waals surface area contributed by atoms with Gasteiger partial charge < -0.3 is 9.84 Å². The van der Waals surface area contributed by atoms with Crippen molar-refractivity contribution in [2.45, 2.75) is 12.8 Å². The van der Waals surface area contributed by atoms with Crippen LogP contribution in [0.2, 0.25) is 0 Å². The summed E-state index contributed by atoms with van der Waals surface area (Å²) in [6.07, 6.45) is 0.241. The zero-order valence-corrected chi connectivity index (χ0v) is 16.0. The minimum atomic E-state index is -0.604. The summed E-state index contributed by atoms with van der Waals surface area (Å²) in [5.41, 5.74) is 0.842. The van der Waals surface area contributed by atoms with Crippen LogP contribution in [0, 0.1) is 17.5 Å². The Kier molecular flexibility index (Phi) is 5.57. The van der Waals surface area contributed by atoms with Crippen LogP contribution in [0.25, 0.3) is 22.6 Å². The topological polar surface area (TPSA) is 80.9 Å². The van der Waals surface area contributed by atoms with E-state index in [0.29, 0.717) is 11.4 Å². The van der Waals surface area contributed by atoms with Gasteiger partial charge in [-0.1, -0.05) is 5.16 Å². The fourth-order valence-electron chi connectivity index (χ4n) is 2.62. The van der Waals surface area contributed by atoms with Crippen LogP contribution in [0.4, 0.5) is 18.3 Å². The molecule has 152 valence electrons. The maximum absolute atomic E-state index is 13.8. The molecule has 0 spiro atoms. The molecule has 1 N–H and O–H groups in total. The van der Waals surface area contributed by atoms with Gasteiger partial charge in [0, 0.05) is 29.3 Å². The fourth-order valence-corrected chi connectivity index (χ4v) is 3.35. The molecule has 2 aromatic heterocycles. The van der Waals surface area contributed by atoms with Gasteiger partial charge in [-0.25, -0.2) is 18.2 Å². The maximum Gasteiger partial charge on any atom is 0.227 e. The number of rotatable bonds is 6. The lowest BCUT2D eigenvalue weighted by atomic mass is 10.1. The normalized spacial score (nSPS) is 10.9. The number of aryl methyl sites for hydroxylation is 1. The van der Waals surface area contributed by atoms with Crippen molar-refractivity contribution in [3.63, 3.8) is 0 Å². The van der Waals surface area contributed by atoms with Crippen molar-refractivity contribution >= 4 is 22.4 Å². The van der Waals surface area contributed by atoms with Gasteiger partial charge in [-0.2, -0.15) is 4.98 Å². The van der Waals surface area contributed by atoms with Gasteiger partial charge in [-0.3, -0.25) is 4.79 Å². The molecule has 1 amide bonds. The Labute approximate surface area is 172 Å². The average Bonchev–Trinajstić information content (AvgIpc) is 3.39. The maximum atomic E-state index is 13.8. The number of nitrogens with zero attached hydrogens (tertiary/aromatic N) is 3. The molecule has 0 saturated carbocycles. The second kappa shape index (κ2) is 8.46. The summed E-state index contributed by atoms with van der Waals surface area (Å²) in [4.78, 5) is 20.5. The molecule has 0 atom stereocenters. The standard InChI is InChI=1S/C20H13F3N4O2S/c21-12-3-1-11(2-4-12)19-26-18(29-27-19)8-7-17(28)25-20-24-16(10-30-20)14-9-13(22)5-6-15(14)23/h1-6,9-10H,7-8H2,(H,24,25,28). The minimum Gasteiger partial charge on any atom is -0.339 e. The second-order valence-electron chi connectivity index (χ2n) is 6.23. The summed E-state index contributed by atoms with van der Waals surface area (Å²) in [5, 5.41) is 8.20. The van der Waals surface area contributed by atoms with Crippen molar-refractivity contribution in [1.82, 2.24) is 15.1 Å². The molecular weight excluding hydrogens is 417 g/mol. The van der Waals surface area contributed by atoms with E-state index in [4.69, 9.17) is 4.52 Å². The van der Waals surface area contributed by atoms with Crippen molar-refractivity contribution in [2.24, 2.45) is 0 Å². The third kappa shape index (κ3) is 4.54. The monoisotopic (exact) mass is 430 g/mol. The van der Waals surface area contributed by atoms with Crippen LogP contribution in [-0.4, -0.2) is 21.0 Å². The number of carbonyl (C=O) groups is 1. The van der Waals surface area contributed by atoms with Crippen molar-refractivity contribution in [1.29, 1.82) is 0 Å². The summed E-state index contributed by atoms with van der Waals surface area (Å²) in [7, 11) is 0. The molecule has 0 aliphatic rings. The number of aromatic nitrogens is 3. The van der Waals surface area contributed by atoms with E-state index in [2.05, 4.69) is 20.4 Å². The molecule has 10 heteroatoms. The Morgan fingerprint density at radius 3 is 2.60 bits per heavy atom. The predicted octanol–water partition coefficient (Wildman–Crippen LogP) is 4.85. The predicted molar refractivity (Wildman–Crippen MR) is 104 cm³/mol. The summed E-state index contributed by atoms with van der Waals surface area (Å²) < 4.78 is 45.3. The number of benzene rings is 2. The molecule has 0 fully saturated rings. The first-order valence-electron chi connectivity index (χ1n) is 8.77. The molecule has 30 heavy (non-hydrogen) atoms. The van der Waals surface area contributed by atoms with E-state index in [9.17, 15) is 18.0 Å². The molecule has 0 bridgehead atoms. The molecule has 4 aromatic rings. The van der Waals surface area contributed by atoms with Crippen LogP contribution >= 0.6 is 11.3 Å². The SMILES string of the molecule is O=C(CCc1nc(-c2ccc(F)cc2)no1)Nc1nc(-c2cc(F)ccc2F)cs1. The molecule has 2 heterocycles. The van der Waals surface area contributed by atoms with E-state index in [1.807, 2.05) is 0 Å². The highest BCUT2D eigenvalue weighted by Crippen LogP contribution is 2.27. The van der Waals surface area contributed by atoms with Gasteiger partial charge in [-0.05, 0) is 42.5 Å². The quantitative estimate of drug-likeness (QED) is 0.473. The van der Waals surface area contributed by atoms with Gasteiger partial charge in [0.25, 0.3) is 0 Å². The first-order valence-corrected chi connectivity index (χ1v) is 9.65. The Balaban J connectivity index is 1.35. The van der Waals surface area contributed by atoms with E-state index < -0.39 is 11.6 Å². The minimum absolute atomic E-state index is 0.0194. The second-order valence-corrected chi connectivity index (χ2v) is 7.09. The lowest BCUT2D eigenvalue weighted by Gasteiger charge is -2.00. The smallest absolute Gasteiger partial charge is 0.227 e. The van der Waals surface area contributed by atoms with Crippen LogP contribution < -0.4 is 5.32 Å². The van der Waals surface area contributed by atoms with Gasteiger partial charge >= 0.3 is 0 Å². The van der Waals surface area contributed by atoms with E-state index in [-0.39, 0.29) is 46.8 Å². The Bertz CT molecular complexity index is 1190. The number of carbonyl (C=O) groups excluding carboxylic acids is 1. The lowest BCUT2D eigenvalue weighted by Crippen LogP contribution is -2.12. The van der Waals surface area contributed by atoms with Crippen LogP contribution in [-0.2, 0) is 11.2 Å². The van der Waals surface area contributed by atoms with Crippen LogP contribution in [0.3, 0.4) is 0 Å². The molecule has 0 aliphatic carbocycles. The summed E-state index contributed by atoms with van der Waals surface area (Å²) in [6, 6.07) is 8.72. The van der Waals surface area contributed by atoms with Crippen molar-refractivity contribution in [2.75, 3.05) is 5.32 Å². The first-order chi connectivity index (χ1) is 14.5. The average molecular weight is 430 g/mol. The van der Waals surface area contributed by atoms with Gasteiger partial charge in [0.1, 0.15) is 17.5 Å². The zero-order valence-electron chi connectivity index (χ0n) is 15.2. The van der Waals surface area contributed by atoms with Gasteiger partial charge in [0.15, 0.2) is 5.13 Å². The number of amides is 1. The number of nitrogens with one attached hydrogen (secondary N) is 1. The molecule has 4 rings (SSSR count). The van der Waals surface area contributed by atoms with Crippen LogP contribution in [0.5, 0.6) is 0 Å². The Morgan fingerprint density at radius 1 is 1.03 bits per heavy atom. The van der Waals surface area contributed by atoms with Crippen LogP contribution in [0.15, 0.2) is 52.4 Å². The zero-order chi connectivity index (χ0) is 21.1. The number of anilines is 1. The molecule has 0 radical (unpaired) electrons. The lowest BCUT2D eigenvalue weighted by molar-refractivity contribution is -0.116. The van der Waals surface area contributed by atoms with E-state index in [1.54, 1.807) is 0 Å². The molecule has 0 saturated heterocycles. The summed E-state index contributed by atoms with van der Waals surface area (Å²) in [5.74, 6) is -1.35. The van der Waals surface area contributed by atoms with Gasteiger partial charge in [0.2, 0.25) is 17.6 Å². The summed E-state index contributed by atoms with van der Waals surface area (Å²) in [6.45, 7) is 0. The Hall–Kier alpha value is -3.53. The largest absolute Gasteiger partial charge is 0.339 e. The highest BCUT2D eigenvalue weighted by molar-refractivity contribution is 7.14. The van der Waals surface area contributed by atoms with E-state index in [0.717, 1.165) is 29.5 Å². The third-order valence-electron chi connectivity index (χ3n) is 4.09. The molecule has 0 unspecified atom stereocenters. The number of thiazole rings is 1. The molecule has 2 aromatic carbocycles. The molecular formula is C20H13F3N4O2S. The molecule has 6 nitrogen and oxygen atoms in total. The molecule has 0 aliphatic heterocycles.